The van der Waals surface area contributed by atoms with Crippen molar-refractivity contribution < 1.29 is 29.0 Å². The third kappa shape index (κ3) is 10.0. The zero-order chi connectivity index (χ0) is 17.1. The van der Waals surface area contributed by atoms with Crippen LogP contribution in [0.2, 0.25) is 0 Å². The lowest BCUT2D eigenvalue weighted by molar-refractivity contribution is -0.167. The van der Waals surface area contributed by atoms with E-state index in [0.717, 1.165) is 0 Å². The van der Waals surface area contributed by atoms with Gasteiger partial charge in [0, 0.05) is 25.8 Å². The number of aliphatic carboxylic acids is 1. The fraction of sp³-hybridized carbons (Fsp3) is 0.800. The van der Waals surface area contributed by atoms with Crippen LogP contribution >= 0.6 is 0 Å². The molecule has 0 spiro atoms. The van der Waals surface area contributed by atoms with Gasteiger partial charge in [-0.1, -0.05) is 27.7 Å². The third-order valence-corrected chi connectivity index (χ3v) is 2.93. The number of ether oxygens (including phenoxy) is 2. The molecule has 7 heteroatoms. The molecule has 0 heterocycles. The van der Waals surface area contributed by atoms with Gasteiger partial charge < -0.3 is 19.9 Å². The lowest BCUT2D eigenvalue weighted by Crippen LogP contribution is -2.35. The van der Waals surface area contributed by atoms with Crippen molar-refractivity contribution in [3.63, 3.8) is 0 Å². The van der Waals surface area contributed by atoms with E-state index in [9.17, 15) is 14.4 Å². The number of carboxylic acids is 1. The highest BCUT2D eigenvalue weighted by Gasteiger charge is 2.19. The highest BCUT2D eigenvalue weighted by molar-refractivity contribution is 5.70. The molecule has 1 amide bonds. The molecule has 0 radical (unpaired) electrons. The van der Waals surface area contributed by atoms with Crippen LogP contribution in [0.3, 0.4) is 0 Å². The Bertz CT molecular complexity index is 369. The normalized spacial score (nSPS) is 13.3. The van der Waals surface area contributed by atoms with Gasteiger partial charge in [0.1, 0.15) is 0 Å². The highest BCUT2D eigenvalue weighted by atomic mass is 16.7. The van der Waals surface area contributed by atoms with E-state index in [1.54, 1.807) is 13.8 Å². The van der Waals surface area contributed by atoms with Crippen LogP contribution < -0.4 is 5.32 Å². The summed E-state index contributed by atoms with van der Waals surface area (Å²) >= 11 is 0. The molecule has 0 bridgehead atoms. The van der Waals surface area contributed by atoms with Crippen molar-refractivity contribution in [2.24, 2.45) is 11.8 Å². The van der Waals surface area contributed by atoms with Gasteiger partial charge in [-0.3, -0.25) is 9.59 Å². The van der Waals surface area contributed by atoms with Gasteiger partial charge in [0.2, 0.25) is 6.29 Å². The van der Waals surface area contributed by atoms with Crippen molar-refractivity contribution in [2.45, 2.75) is 59.7 Å². The minimum atomic E-state index is -0.921. The van der Waals surface area contributed by atoms with Crippen molar-refractivity contribution in [3.05, 3.63) is 0 Å². The van der Waals surface area contributed by atoms with Gasteiger partial charge in [0.15, 0.2) is 0 Å². The Hall–Kier alpha value is -1.79. The van der Waals surface area contributed by atoms with Crippen molar-refractivity contribution in [2.75, 3.05) is 6.54 Å². The first-order valence-electron chi connectivity index (χ1n) is 7.64. The zero-order valence-corrected chi connectivity index (χ0v) is 13.8. The molecular weight excluding hydrogens is 290 g/mol. The summed E-state index contributed by atoms with van der Waals surface area (Å²) in [5, 5.41) is 11.4. The van der Waals surface area contributed by atoms with E-state index in [2.05, 4.69) is 5.32 Å². The van der Waals surface area contributed by atoms with Crippen molar-refractivity contribution in [1.29, 1.82) is 0 Å². The molecular formula is C15H27NO6. The SMILES string of the molecule is CCC(=O)OC(CC)OC(=O)NCC(CC(=O)O)CC(C)C. The lowest BCUT2D eigenvalue weighted by Gasteiger charge is -2.20. The number of carbonyl (C=O) groups excluding carboxylic acids is 2. The minimum absolute atomic E-state index is 0.0134. The lowest BCUT2D eigenvalue weighted by atomic mass is 9.94. The zero-order valence-electron chi connectivity index (χ0n) is 13.8. The summed E-state index contributed by atoms with van der Waals surface area (Å²) in [6, 6.07) is 0. The van der Waals surface area contributed by atoms with Crippen LogP contribution in [0.1, 0.15) is 53.4 Å². The number of esters is 1. The second-order valence-electron chi connectivity index (χ2n) is 5.56. The van der Waals surface area contributed by atoms with Crippen molar-refractivity contribution in [3.8, 4) is 0 Å². The molecule has 2 N–H and O–H groups in total. The number of carbonyl (C=O) groups is 3. The molecule has 0 aromatic carbocycles. The van der Waals surface area contributed by atoms with E-state index in [-0.39, 0.29) is 25.3 Å². The van der Waals surface area contributed by atoms with Crippen molar-refractivity contribution >= 4 is 18.0 Å². The van der Waals surface area contributed by atoms with E-state index in [4.69, 9.17) is 14.6 Å². The number of rotatable bonds is 10. The van der Waals surface area contributed by atoms with Crippen LogP contribution in [0.15, 0.2) is 0 Å². The van der Waals surface area contributed by atoms with E-state index >= 15 is 0 Å². The first kappa shape index (κ1) is 20.2. The molecule has 0 aromatic heterocycles. The molecule has 128 valence electrons. The molecule has 2 unspecified atom stereocenters. The molecule has 0 saturated carbocycles. The quantitative estimate of drug-likeness (QED) is 0.474. The maximum Gasteiger partial charge on any atom is 0.410 e. The summed E-state index contributed by atoms with van der Waals surface area (Å²) in [5.74, 6) is -1.17. The molecule has 22 heavy (non-hydrogen) atoms. The fourth-order valence-corrected chi connectivity index (χ4v) is 1.96. The number of hydrogen-bond acceptors (Lipinski definition) is 5. The van der Waals surface area contributed by atoms with Crippen LogP contribution in [0, 0.1) is 11.8 Å². The van der Waals surface area contributed by atoms with Gasteiger partial charge in [0.25, 0.3) is 0 Å². The Kier molecular flexibility index (Phi) is 9.98. The first-order valence-corrected chi connectivity index (χ1v) is 7.64. The van der Waals surface area contributed by atoms with Gasteiger partial charge in [0.05, 0.1) is 0 Å². The number of amides is 1. The van der Waals surface area contributed by atoms with Crippen molar-refractivity contribution in [1.82, 2.24) is 5.32 Å². The predicted octanol–water partition coefficient (Wildman–Crippen LogP) is 2.54. The molecule has 0 fully saturated rings. The van der Waals surface area contributed by atoms with E-state index in [1.807, 2.05) is 13.8 Å². The summed E-state index contributed by atoms with van der Waals surface area (Å²) in [6.45, 7) is 7.57. The number of nitrogens with one attached hydrogen (secondary N) is 1. The topological polar surface area (TPSA) is 102 Å². The Morgan fingerprint density at radius 1 is 1.14 bits per heavy atom. The second kappa shape index (κ2) is 10.9. The molecule has 0 aromatic rings. The van der Waals surface area contributed by atoms with E-state index < -0.39 is 24.3 Å². The summed E-state index contributed by atoms with van der Waals surface area (Å²) in [5.41, 5.74) is 0. The summed E-state index contributed by atoms with van der Waals surface area (Å²) in [4.78, 5) is 33.7. The van der Waals surface area contributed by atoms with Crippen LogP contribution in [-0.4, -0.2) is 36.0 Å². The molecule has 0 rings (SSSR count). The summed E-state index contributed by atoms with van der Waals surface area (Å²) < 4.78 is 9.93. The average Bonchev–Trinajstić information content (AvgIpc) is 2.42. The molecule has 7 nitrogen and oxygen atoms in total. The highest BCUT2D eigenvalue weighted by Crippen LogP contribution is 2.15. The molecule has 0 saturated heterocycles. The standard InChI is InChI=1S/C15H27NO6/c1-5-13(19)21-14(6-2)22-15(20)16-9-11(7-10(3)4)8-12(17)18/h10-11,14H,5-9H2,1-4H3,(H,16,20)(H,17,18). The first-order chi connectivity index (χ1) is 10.3. The molecule has 0 aliphatic carbocycles. The summed E-state index contributed by atoms with van der Waals surface area (Å²) in [6.07, 6.45) is -0.402. The number of alkyl carbamates (subject to hydrolysis) is 1. The monoisotopic (exact) mass is 317 g/mol. The van der Waals surface area contributed by atoms with E-state index in [0.29, 0.717) is 18.8 Å². The third-order valence-electron chi connectivity index (χ3n) is 2.93. The molecule has 0 aliphatic heterocycles. The molecule has 0 aliphatic rings. The Morgan fingerprint density at radius 2 is 1.77 bits per heavy atom. The fourth-order valence-electron chi connectivity index (χ4n) is 1.96. The van der Waals surface area contributed by atoms with Gasteiger partial charge in [-0.25, -0.2) is 4.79 Å². The van der Waals surface area contributed by atoms with Gasteiger partial charge in [-0.2, -0.15) is 0 Å². The number of hydrogen-bond donors (Lipinski definition) is 2. The predicted molar refractivity (Wildman–Crippen MR) is 80.1 cm³/mol. The maximum atomic E-state index is 11.7. The Balaban J connectivity index is 4.31. The minimum Gasteiger partial charge on any atom is -0.481 e. The Morgan fingerprint density at radius 3 is 2.23 bits per heavy atom. The van der Waals surface area contributed by atoms with Gasteiger partial charge in [-0.05, 0) is 18.3 Å². The Labute approximate surface area is 131 Å². The van der Waals surface area contributed by atoms with Crippen LogP contribution in [0.5, 0.6) is 0 Å². The van der Waals surface area contributed by atoms with E-state index in [1.165, 1.54) is 0 Å². The second-order valence-corrected chi connectivity index (χ2v) is 5.56. The largest absolute Gasteiger partial charge is 0.481 e. The van der Waals surface area contributed by atoms with Crippen LogP contribution in [0.25, 0.3) is 0 Å². The smallest absolute Gasteiger partial charge is 0.410 e. The van der Waals surface area contributed by atoms with Crippen LogP contribution in [0.4, 0.5) is 4.79 Å². The maximum absolute atomic E-state index is 11.7. The van der Waals surface area contributed by atoms with Gasteiger partial charge >= 0.3 is 18.0 Å². The summed E-state index contributed by atoms with van der Waals surface area (Å²) in [7, 11) is 0. The average molecular weight is 317 g/mol. The number of carboxylic acid groups (broad SMARTS) is 1. The molecule has 2 atom stereocenters. The van der Waals surface area contributed by atoms with Crippen LogP contribution in [-0.2, 0) is 19.1 Å². The van der Waals surface area contributed by atoms with Gasteiger partial charge in [-0.15, -0.1) is 0 Å².